The van der Waals surface area contributed by atoms with Gasteiger partial charge in [-0.05, 0) is 12.8 Å². The molecule has 0 aliphatic carbocycles. The Morgan fingerprint density at radius 3 is 2.09 bits per heavy atom. The number of methoxy groups -OCH3 is 1. The lowest BCUT2D eigenvalue weighted by molar-refractivity contribution is -0.149. The first-order chi connectivity index (χ1) is 5.00. The van der Waals surface area contributed by atoms with E-state index in [-0.39, 0.29) is 11.9 Å². The smallest absolute Gasteiger partial charge is 0.311 e. The summed E-state index contributed by atoms with van der Waals surface area (Å²) in [5.41, 5.74) is 0. The zero-order valence-corrected chi connectivity index (χ0v) is 7.50. The summed E-state index contributed by atoms with van der Waals surface area (Å²) in [5, 5.41) is 9.40. The molecule has 11 heavy (non-hydrogen) atoms. The normalized spacial score (nSPS) is 16.2. The molecule has 0 heterocycles. The monoisotopic (exact) mass is 160 g/mol. The molecule has 0 spiro atoms. The van der Waals surface area contributed by atoms with E-state index >= 15 is 0 Å². The fourth-order valence-corrected chi connectivity index (χ4v) is 0.903. The molecule has 0 aromatic heterocycles. The maximum Gasteiger partial charge on any atom is 0.311 e. The molecule has 0 aromatic rings. The second-order valence-corrected chi connectivity index (χ2v) is 3.05. The van der Waals surface area contributed by atoms with E-state index in [0.717, 1.165) is 0 Å². The van der Waals surface area contributed by atoms with Crippen LogP contribution in [-0.4, -0.2) is 24.3 Å². The van der Waals surface area contributed by atoms with Crippen molar-refractivity contribution in [2.75, 3.05) is 7.11 Å². The lowest BCUT2D eigenvalue weighted by Gasteiger charge is -2.19. The Bertz CT molecular complexity index is 131. The van der Waals surface area contributed by atoms with Crippen molar-refractivity contribution < 1.29 is 14.6 Å². The predicted molar refractivity (Wildman–Crippen MR) is 42.0 cm³/mol. The zero-order valence-electron chi connectivity index (χ0n) is 7.50. The van der Waals surface area contributed by atoms with Crippen LogP contribution in [0.3, 0.4) is 0 Å². The molecule has 0 aliphatic rings. The zero-order chi connectivity index (χ0) is 9.02. The van der Waals surface area contributed by atoms with Crippen LogP contribution in [0.1, 0.15) is 20.8 Å². The number of rotatable bonds is 3. The lowest BCUT2D eigenvalue weighted by Crippen LogP contribution is -2.30. The van der Waals surface area contributed by atoms with Crippen molar-refractivity contribution in [3.05, 3.63) is 0 Å². The van der Waals surface area contributed by atoms with Gasteiger partial charge in [-0.25, -0.2) is 0 Å². The van der Waals surface area contributed by atoms with Gasteiger partial charge in [-0.3, -0.25) is 4.79 Å². The van der Waals surface area contributed by atoms with Gasteiger partial charge < -0.3 is 9.84 Å². The number of hydrogen-bond donors (Lipinski definition) is 1. The minimum absolute atomic E-state index is 0.0871. The molecule has 0 bridgehead atoms. The summed E-state index contributed by atoms with van der Waals surface area (Å²) < 4.78 is 4.48. The summed E-state index contributed by atoms with van der Waals surface area (Å²) in [6.07, 6.45) is -0.609. The van der Waals surface area contributed by atoms with Crippen LogP contribution in [-0.2, 0) is 9.53 Å². The molecule has 0 saturated heterocycles. The summed E-state index contributed by atoms with van der Waals surface area (Å²) in [5.74, 6) is -0.699. The molecule has 0 fully saturated rings. The predicted octanol–water partition coefficient (Wildman–Crippen LogP) is 0.812. The third kappa shape index (κ3) is 2.89. The molecule has 0 aliphatic heterocycles. The van der Waals surface area contributed by atoms with Gasteiger partial charge in [0.15, 0.2) is 0 Å². The van der Waals surface area contributed by atoms with Crippen LogP contribution in [0.5, 0.6) is 0 Å². The fraction of sp³-hybridized carbons (Fsp3) is 0.875. The number of aliphatic hydroxyl groups is 1. The van der Waals surface area contributed by atoms with Gasteiger partial charge in [-0.1, -0.05) is 13.8 Å². The van der Waals surface area contributed by atoms with Crippen LogP contribution in [0.2, 0.25) is 0 Å². The van der Waals surface area contributed by atoms with Gasteiger partial charge in [0.05, 0.1) is 19.1 Å². The highest BCUT2D eigenvalue weighted by molar-refractivity contribution is 5.72. The second-order valence-electron chi connectivity index (χ2n) is 3.05. The van der Waals surface area contributed by atoms with Gasteiger partial charge >= 0.3 is 5.97 Å². The van der Waals surface area contributed by atoms with Crippen molar-refractivity contribution in [1.82, 2.24) is 0 Å². The number of carbonyl (C=O) groups excluding carboxylic acids is 1. The van der Waals surface area contributed by atoms with Crippen molar-refractivity contribution in [2.24, 2.45) is 11.8 Å². The average Bonchev–Trinajstić information content (AvgIpc) is 2.00. The molecule has 0 rings (SSSR count). The Morgan fingerprint density at radius 2 is 1.82 bits per heavy atom. The molecule has 66 valence electrons. The van der Waals surface area contributed by atoms with E-state index in [9.17, 15) is 9.90 Å². The van der Waals surface area contributed by atoms with Crippen molar-refractivity contribution >= 4 is 5.97 Å². The topological polar surface area (TPSA) is 46.5 Å². The minimum Gasteiger partial charge on any atom is -0.469 e. The van der Waals surface area contributed by atoms with Gasteiger partial charge in [0, 0.05) is 0 Å². The molecule has 0 aromatic carbocycles. The van der Waals surface area contributed by atoms with Gasteiger partial charge in [0.2, 0.25) is 0 Å². The van der Waals surface area contributed by atoms with E-state index in [0.29, 0.717) is 0 Å². The number of hydrogen-bond acceptors (Lipinski definition) is 3. The van der Waals surface area contributed by atoms with E-state index < -0.39 is 12.0 Å². The van der Waals surface area contributed by atoms with Crippen molar-refractivity contribution in [3.8, 4) is 0 Å². The van der Waals surface area contributed by atoms with Crippen LogP contribution in [0.15, 0.2) is 0 Å². The van der Waals surface area contributed by atoms with E-state index in [1.54, 1.807) is 6.92 Å². The Balaban J connectivity index is 4.01. The molecule has 1 N–H and O–H groups in total. The van der Waals surface area contributed by atoms with Gasteiger partial charge in [0.25, 0.3) is 0 Å². The largest absolute Gasteiger partial charge is 0.469 e. The highest BCUT2D eigenvalue weighted by Gasteiger charge is 2.24. The van der Waals surface area contributed by atoms with Crippen LogP contribution >= 0.6 is 0 Å². The van der Waals surface area contributed by atoms with Crippen molar-refractivity contribution in [2.45, 2.75) is 26.9 Å². The molecule has 2 atom stereocenters. The standard InChI is InChI=1S/C8H16O3/c1-5(2)7(9)6(3)8(10)11-4/h5-7,9H,1-4H3/t6-,7-/m0/s1. The lowest BCUT2D eigenvalue weighted by atomic mass is 9.95. The Kier molecular flexibility index (Phi) is 4.11. The van der Waals surface area contributed by atoms with Crippen molar-refractivity contribution in [1.29, 1.82) is 0 Å². The van der Waals surface area contributed by atoms with Crippen LogP contribution in [0.4, 0.5) is 0 Å². The first-order valence-corrected chi connectivity index (χ1v) is 3.76. The molecule has 0 amide bonds. The summed E-state index contributed by atoms with van der Waals surface area (Å²) in [7, 11) is 1.33. The van der Waals surface area contributed by atoms with Crippen LogP contribution in [0.25, 0.3) is 0 Å². The first kappa shape index (κ1) is 10.4. The maximum atomic E-state index is 10.9. The summed E-state index contributed by atoms with van der Waals surface area (Å²) >= 11 is 0. The molecule has 3 heteroatoms. The summed E-state index contributed by atoms with van der Waals surface area (Å²) in [6, 6.07) is 0. The van der Waals surface area contributed by atoms with E-state index in [2.05, 4.69) is 4.74 Å². The Labute approximate surface area is 67.4 Å². The maximum absolute atomic E-state index is 10.9. The molecule has 0 saturated carbocycles. The number of carbonyl (C=O) groups is 1. The summed E-state index contributed by atoms with van der Waals surface area (Å²) in [4.78, 5) is 10.9. The van der Waals surface area contributed by atoms with Crippen molar-refractivity contribution in [3.63, 3.8) is 0 Å². The SMILES string of the molecule is COC(=O)[C@@H](C)[C@@H](O)C(C)C. The highest BCUT2D eigenvalue weighted by Crippen LogP contribution is 2.13. The molecule has 0 unspecified atom stereocenters. The number of aliphatic hydroxyl groups excluding tert-OH is 1. The summed E-state index contributed by atoms with van der Waals surface area (Å²) in [6.45, 7) is 5.39. The third-order valence-corrected chi connectivity index (χ3v) is 1.77. The second kappa shape index (κ2) is 4.34. The molecular formula is C8H16O3. The van der Waals surface area contributed by atoms with Crippen LogP contribution < -0.4 is 0 Å². The average molecular weight is 160 g/mol. The fourth-order valence-electron chi connectivity index (χ4n) is 0.903. The number of esters is 1. The van der Waals surface area contributed by atoms with E-state index in [1.807, 2.05) is 13.8 Å². The number of ether oxygens (including phenoxy) is 1. The quantitative estimate of drug-likeness (QED) is 0.621. The first-order valence-electron chi connectivity index (χ1n) is 3.76. The Morgan fingerprint density at radius 1 is 1.36 bits per heavy atom. The highest BCUT2D eigenvalue weighted by atomic mass is 16.5. The van der Waals surface area contributed by atoms with Crippen LogP contribution in [0, 0.1) is 11.8 Å². The Hall–Kier alpha value is -0.570. The molecular weight excluding hydrogens is 144 g/mol. The van der Waals surface area contributed by atoms with E-state index in [4.69, 9.17) is 0 Å². The van der Waals surface area contributed by atoms with Gasteiger partial charge in [0.1, 0.15) is 0 Å². The minimum atomic E-state index is -0.609. The van der Waals surface area contributed by atoms with Gasteiger partial charge in [-0.2, -0.15) is 0 Å². The van der Waals surface area contributed by atoms with Gasteiger partial charge in [-0.15, -0.1) is 0 Å². The molecule has 3 nitrogen and oxygen atoms in total. The van der Waals surface area contributed by atoms with E-state index in [1.165, 1.54) is 7.11 Å². The third-order valence-electron chi connectivity index (χ3n) is 1.77. The molecule has 0 radical (unpaired) electrons.